The third-order valence-electron chi connectivity index (χ3n) is 3.33. The first-order valence-corrected chi connectivity index (χ1v) is 6.10. The van der Waals surface area contributed by atoms with Gasteiger partial charge in [0, 0.05) is 6.04 Å². The summed E-state index contributed by atoms with van der Waals surface area (Å²) in [7, 11) is 0. The smallest absolute Gasteiger partial charge is 0.140 e. The van der Waals surface area contributed by atoms with E-state index in [0.717, 1.165) is 12.8 Å². The second-order valence-electron chi connectivity index (χ2n) is 4.56. The van der Waals surface area contributed by atoms with Gasteiger partial charge in [-0.3, -0.25) is 5.32 Å². The third kappa shape index (κ3) is 2.67. The summed E-state index contributed by atoms with van der Waals surface area (Å²) >= 11 is 0. The molecule has 3 nitrogen and oxygen atoms in total. The average molecular weight is 243 g/mol. The van der Waals surface area contributed by atoms with Crippen LogP contribution in [-0.2, 0) is 0 Å². The molecule has 92 valence electrons. The van der Waals surface area contributed by atoms with Crippen molar-refractivity contribution < 1.29 is 4.39 Å². The molecule has 0 aromatic heterocycles. The summed E-state index contributed by atoms with van der Waals surface area (Å²) in [6, 6.07) is 8.11. The lowest BCUT2D eigenvalue weighted by atomic mass is 10.0. The summed E-state index contributed by atoms with van der Waals surface area (Å²) in [5.41, 5.74) is 0.642. The fourth-order valence-corrected chi connectivity index (χ4v) is 2.34. The Morgan fingerprint density at radius 1 is 1.28 bits per heavy atom. The largest absolute Gasteiger partial charge is 0.295 e. The van der Waals surface area contributed by atoms with Gasteiger partial charge in [0.2, 0.25) is 0 Å². The lowest BCUT2D eigenvalue weighted by Gasteiger charge is -2.17. The SMILES string of the molecule is N#Cc1cc(C(C#N)NC2CCCC2)ccc1F. The third-order valence-corrected chi connectivity index (χ3v) is 3.33. The first-order valence-electron chi connectivity index (χ1n) is 6.10. The van der Waals surface area contributed by atoms with Gasteiger partial charge in [0.1, 0.15) is 17.9 Å². The van der Waals surface area contributed by atoms with Gasteiger partial charge in [-0.1, -0.05) is 18.9 Å². The van der Waals surface area contributed by atoms with Crippen molar-refractivity contribution >= 4 is 0 Å². The number of nitrogens with zero attached hydrogens (tertiary/aromatic N) is 2. The number of halogens is 1. The van der Waals surface area contributed by atoms with Crippen molar-refractivity contribution in [3.8, 4) is 12.1 Å². The fourth-order valence-electron chi connectivity index (χ4n) is 2.34. The predicted molar refractivity (Wildman–Crippen MR) is 64.9 cm³/mol. The molecule has 1 saturated carbocycles. The van der Waals surface area contributed by atoms with Crippen LogP contribution in [0, 0.1) is 28.5 Å². The zero-order chi connectivity index (χ0) is 13.0. The highest BCUT2D eigenvalue weighted by Gasteiger charge is 2.20. The van der Waals surface area contributed by atoms with Gasteiger partial charge in [-0.05, 0) is 30.5 Å². The van der Waals surface area contributed by atoms with Gasteiger partial charge in [-0.25, -0.2) is 4.39 Å². The summed E-state index contributed by atoms with van der Waals surface area (Å²) in [4.78, 5) is 0. The number of rotatable bonds is 3. The van der Waals surface area contributed by atoms with E-state index < -0.39 is 11.9 Å². The van der Waals surface area contributed by atoms with Crippen molar-refractivity contribution in [2.24, 2.45) is 0 Å². The Hall–Kier alpha value is -1.91. The summed E-state index contributed by atoms with van der Waals surface area (Å²) < 4.78 is 13.2. The van der Waals surface area contributed by atoms with Crippen LogP contribution in [0.1, 0.15) is 42.9 Å². The van der Waals surface area contributed by atoms with Crippen LogP contribution in [0.2, 0.25) is 0 Å². The van der Waals surface area contributed by atoms with E-state index in [1.165, 1.54) is 25.0 Å². The monoisotopic (exact) mass is 243 g/mol. The second-order valence-corrected chi connectivity index (χ2v) is 4.56. The van der Waals surface area contributed by atoms with Crippen molar-refractivity contribution in [2.75, 3.05) is 0 Å². The molecule has 1 N–H and O–H groups in total. The molecular formula is C14H14FN3. The number of hydrogen-bond acceptors (Lipinski definition) is 3. The molecule has 0 radical (unpaired) electrons. The number of nitrogens with one attached hydrogen (secondary N) is 1. The lowest BCUT2D eigenvalue weighted by molar-refractivity contribution is 0.491. The Labute approximate surface area is 106 Å². The average Bonchev–Trinajstić information content (AvgIpc) is 2.89. The van der Waals surface area contributed by atoms with E-state index in [0.29, 0.717) is 11.6 Å². The summed E-state index contributed by atoms with van der Waals surface area (Å²) in [5, 5.41) is 21.2. The van der Waals surface area contributed by atoms with Crippen LogP contribution < -0.4 is 5.32 Å². The highest BCUT2D eigenvalue weighted by Crippen LogP contribution is 2.23. The quantitative estimate of drug-likeness (QED) is 0.888. The molecular weight excluding hydrogens is 229 g/mol. The molecule has 1 aromatic rings. The first-order chi connectivity index (χ1) is 8.74. The Morgan fingerprint density at radius 3 is 2.61 bits per heavy atom. The van der Waals surface area contributed by atoms with Crippen LogP contribution in [0.3, 0.4) is 0 Å². The zero-order valence-electron chi connectivity index (χ0n) is 9.99. The standard InChI is InChI=1S/C14H14FN3/c15-13-6-5-10(7-11(13)8-16)14(9-17)18-12-3-1-2-4-12/h5-7,12,14,18H,1-4H2. The zero-order valence-corrected chi connectivity index (χ0v) is 9.99. The van der Waals surface area contributed by atoms with E-state index in [-0.39, 0.29) is 5.56 Å². The molecule has 0 heterocycles. The van der Waals surface area contributed by atoms with Crippen LogP contribution >= 0.6 is 0 Å². The minimum atomic E-state index is -0.543. The van der Waals surface area contributed by atoms with Crippen molar-refractivity contribution in [2.45, 2.75) is 37.8 Å². The van der Waals surface area contributed by atoms with Gasteiger partial charge in [-0.2, -0.15) is 10.5 Å². The molecule has 1 atom stereocenters. The van der Waals surface area contributed by atoms with E-state index >= 15 is 0 Å². The molecule has 0 aliphatic heterocycles. The predicted octanol–water partition coefficient (Wildman–Crippen LogP) is 2.79. The van der Waals surface area contributed by atoms with Crippen molar-refractivity contribution in [3.63, 3.8) is 0 Å². The minimum absolute atomic E-state index is 0.0130. The molecule has 4 heteroatoms. The van der Waals surface area contributed by atoms with Crippen LogP contribution in [-0.4, -0.2) is 6.04 Å². The molecule has 2 rings (SSSR count). The van der Waals surface area contributed by atoms with Gasteiger partial charge in [0.25, 0.3) is 0 Å². The van der Waals surface area contributed by atoms with Crippen LogP contribution in [0.5, 0.6) is 0 Å². The van der Waals surface area contributed by atoms with Gasteiger partial charge in [0.15, 0.2) is 0 Å². The molecule has 1 fully saturated rings. The van der Waals surface area contributed by atoms with E-state index in [2.05, 4.69) is 11.4 Å². The molecule has 1 unspecified atom stereocenters. The second kappa shape index (κ2) is 5.62. The number of hydrogen-bond donors (Lipinski definition) is 1. The molecule has 18 heavy (non-hydrogen) atoms. The fraction of sp³-hybridized carbons (Fsp3) is 0.429. The highest BCUT2D eigenvalue weighted by atomic mass is 19.1. The van der Waals surface area contributed by atoms with Crippen LogP contribution in [0.4, 0.5) is 4.39 Å². The molecule has 0 bridgehead atoms. The molecule has 1 aliphatic rings. The Bertz CT molecular complexity index is 507. The minimum Gasteiger partial charge on any atom is -0.295 e. The summed E-state index contributed by atoms with van der Waals surface area (Å²) in [6.07, 6.45) is 4.51. The molecule has 1 aliphatic carbocycles. The van der Waals surface area contributed by atoms with Gasteiger partial charge >= 0.3 is 0 Å². The maximum Gasteiger partial charge on any atom is 0.140 e. The van der Waals surface area contributed by atoms with Crippen molar-refractivity contribution in [3.05, 3.63) is 35.1 Å². The first kappa shape index (κ1) is 12.5. The van der Waals surface area contributed by atoms with E-state index in [1.807, 2.05) is 0 Å². The number of nitriles is 2. The molecule has 0 spiro atoms. The Balaban J connectivity index is 2.17. The van der Waals surface area contributed by atoms with E-state index in [1.54, 1.807) is 12.1 Å². The van der Waals surface area contributed by atoms with Gasteiger partial charge in [-0.15, -0.1) is 0 Å². The van der Waals surface area contributed by atoms with Gasteiger partial charge in [0.05, 0.1) is 11.6 Å². The maximum atomic E-state index is 13.2. The molecule has 1 aromatic carbocycles. The van der Waals surface area contributed by atoms with Crippen molar-refractivity contribution in [1.29, 1.82) is 10.5 Å². The van der Waals surface area contributed by atoms with E-state index in [9.17, 15) is 9.65 Å². The topological polar surface area (TPSA) is 59.6 Å². The number of benzene rings is 1. The summed E-state index contributed by atoms with van der Waals surface area (Å²) in [5.74, 6) is -0.543. The normalized spacial score (nSPS) is 17.1. The molecule has 0 amide bonds. The molecule has 0 saturated heterocycles. The van der Waals surface area contributed by atoms with E-state index in [4.69, 9.17) is 5.26 Å². The van der Waals surface area contributed by atoms with Crippen LogP contribution in [0.25, 0.3) is 0 Å². The lowest BCUT2D eigenvalue weighted by Crippen LogP contribution is -2.29. The van der Waals surface area contributed by atoms with Gasteiger partial charge < -0.3 is 0 Å². The summed E-state index contributed by atoms with van der Waals surface area (Å²) in [6.45, 7) is 0. The van der Waals surface area contributed by atoms with Crippen molar-refractivity contribution in [1.82, 2.24) is 5.32 Å². The maximum absolute atomic E-state index is 13.2. The van der Waals surface area contributed by atoms with Crippen LogP contribution in [0.15, 0.2) is 18.2 Å². The highest BCUT2D eigenvalue weighted by molar-refractivity contribution is 5.37. The Morgan fingerprint density at radius 2 is 2.00 bits per heavy atom. The Kier molecular flexibility index (Phi) is 3.92.